The third-order valence-electron chi connectivity index (χ3n) is 4.77. The van der Waals surface area contributed by atoms with Crippen molar-refractivity contribution in [2.45, 2.75) is 13.0 Å². The molecule has 2 aromatic heterocycles. The molecule has 134 valence electrons. The molecule has 27 heavy (non-hydrogen) atoms. The SMILES string of the molecule is N=C(N)c1c[nH]c2ccc(CCn3cc(-c4ccccc4)ccc3=O)cc12. The van der Waals surface area contributed by atoms with Crippen molar-refractivity contribution >= 4 is 16.7 Å². The smallest absolute Gasteiger partial charge is 0.250 e. The fourth-order valence-electron chi connectivity index (χ4n) is 3.30. The van der Waals surface area contributed by atoms with Gasteiger partial charge in [-0.2, -0.15) is 0 Å². The van der Waals surface area contributed by atoms with Crippen LogP contribution in [0.4, 0.5) is 0 Å². The summed E-state index contributed by atoms with van der Waals surface area (Å²) < 4.78 is 1.75. The average molecular weight is 356 g/mol. The third-order valence-corrected chi connectivity index (χ3v) is 4.77. The van der Waals surface area contributed by atoms with Crippen molar-refractivity contribution in [1.29, 1.82) is 5.41 Å². The van der Waals surface area contributed by atoms with Crippen molar-refractivity contribution < 1.29 is 0 Å². The molecule has 0 fully saturated rings. The normalized spacial score (nSPS) is 11.0. The highest BCUT2D eigenvalue weighted by molar-refractivity contribution is 6.07. The number of H-pyrrole nitrogens is 1. The molecular weight excluding hydrogens is 336 g/mol. The third kappa shape index (κ3) is 3.40. The monoisotopic (exact) mass is 356 g/mol. The molecule has 0 aliphatic rings. The summed E-state index contributed by atoms with van der Waals surface area (Å²) in [5.41, 5.74) is 10.5. The minimum absolute atomic E-state index is 0.0122. The summed E-state index contributed by atoms with van der Waals surface area (Å²) in [6.45, 7) is 0.588. The van der Waals surface area contributed by atoms with Crippen LogP contribution in [0.25, 0.3) is 22.0 Å². The second kappa shape index (κ2) is 6.96. The van der Waals surface area contributed by atoms with Crippen LogP contribution in [-0.4, -0.2) is 15.4 Å². The molecule has 0 unspecified atom stereocenters. The molecule has 0 amide bonds. The number of nitrogens with two attached hydrogens (primary N) is 1. The van der Waals surface area contributed by atoms with Crippen LogP contribution in [0.1, 0.15) is 11.1 Å². The first kappa shape index (κ1) is 16.8. The van der Waals surface area contributed by atoms with Crippen LogP contribution in [0, 0.1) is 5.41 Å². The number of nitrogens with one attached hydrogen (secondary N) is 2. The van der Waals surface area contributed by atoms with E-state index in [-0.39, 0.29) is 11.4 Å². The highest BCUT2D eigenvalue weighted by atomic mass is 16.1. The van der Waals surface area contributed by atoms with Gasteiger partial charge in [-0.25, -0.2) is 0 Å². The lowest BCUT2D eigenvalue weighted by molar-refractivity contribution is 0.671. The average Bonchev–Trinajstić information content (AvgIpc) is 3.11. The topological polar surface area (TPSA) is 87.7 Å². The predicted molar refractivity (Wildman–Crippen MR) is 109 cm³/mol. The molecule has 0 atom stereocenters. The Labute approximate surface area is 156 Å². The van der Waals surface area contributed by atoms with Crippen molar-refractivity contribution in [3.05, 3.63) is 94.5 Å². The van der Waals surface area contributed by atoms with Crippen LogP contribution in [0.3, 0.4) is 0 Å². The fourth-order valence-corrected chi connectivity index (χ4v) is 3.30. The highest BCUT2D eigenvalue weighted by Crippen LogP contribution is 2.20. The summed E-state index contributed by atoms with van der Waals surface area (Å²) >= 11 is 0. The van der Waals surface area contributed by atoms with Gasteiger partial charge in [-0.15, -0.1) is 0 Å². The van der Waals surface area contributed by atoms with Crippen molar-refractivity contribution in [3.63, 3.8) is 0 Å². The van der Waals surface area contributed by atoms with Crippen LogP contribution < -0.4 is 11.3 Å². The number of aryl methyl sites for hydroxylation is 2. The Balaban J connectivity index is 1.60. The lowest BCUT2D eigenvalue weighted by Crippen LogP contribution is -2.19. The van der Waals surface area contributed by atoms with Crippen molar-refractivity contribution in [2.24, 2.45) is 5.73 Å². The number of pyridine rings is 1. The summed E-state index contributed by atoms with van der Waals surface area (Å²) in [6.07, 6.45) is 4.38. The van der Waals surface area contributed by atoms with Gasteiger partial charge in [-0.1, -0.05) is 36.4 Å². The molecule has 0 aliphatic heterocycles. The number of nitrogens with zero attached hydrogens (tertiary/aromatic N) is 1. The number of aromatic amines is 1. The lowest BCUT2D eigenvalue weighted by atomic mass is 10.1. The summed E-state index contributed by atoms with van der Waals surface area (Å²) in [5, 5.41) is 8.62. The van der Waals surface area contributed by atoms with E-state index in [0.29, 0.717) is 12.1 Å². The minimum atomic E-state index is -0.0122. The van der Waals surface area contributed by atoms with Crippen LogP contribution >= 0.6 is 0 Å². The van der Waals surface area contributed by atoms with Crippen molar-refractivity contribution in [1.82, 2.24) is 9.55 Å². The molecule has 4 aromatic rings. The van der Waals surface area contributed by atoms with Gasteiger partial charge in [0.05, 0.1) is 0 Å². The van der Waals surface area contributed by atoms with E-state index in [1.807, 2.05) is 60.8 Å². The lowest BCUT2D eigenvalue weighted by Gasteiger charge is -2.09. The van der Waals surface area contributed by atoms with Gasteiger partial charge in [0.15, 0.2) is 0 Å². The molecule has 0 bridgehead atoms. The van der Waals surface area contributed by atoms with E-state index < -0.39 is 0 Å². The quantitative estimate of drug-likeness (QED) is 0.377. The summed E-state index contributed by atoms with van der Waals surface area (Å²) in [5.74, 6) is 0.0465. The molecular formula is C22H20N4O. The van der Waals surface area contributed by atoms with Gasteiger partial charge in [-0.3, -0.25) is 10.2 Å². The van der Waals surface area contributed by atoms with Crippen LogP contribution in [0.15, 0.2) is 77.9 Å². The zero-order chi connectivity index (χ0) is 18.8. The fraction of sp³-hybridized carbons (Fsp3) is 0.0909. The standard InChI is InChI=1S/C22H20N4O/c23-22(24)19-13-25-20-8-6-15(12-18(19)20)10-11-26-14-17(7-9-21(26)27)16-4-2-1-3-5-16/h1-9,12-14,25H,10-11H2,(H3,23,24). The van der Waals surface area contributed by atoms with Crippen molar-refractivity contribution in [3.8, 4) is 11.1 Å². The number of aromatic nitrogens is 2. The van der Waals surface area contributed by atoms with Crippen LogP contribution in [0.5, 0.6) is 0 Å². The molecule has 2 heterocycles. The molecule has 4 rings (SSSR count). The van der Waals surface area contributed by atoms with E-state index in [9.17, 15) is 4.79 Å². The van der Waals surface area contributed by atoms with E-state index >= 15 is 0 Å². The van der Waals surface area contributed by atoms with Gasteiger partial charge in [0.2, 0.25) is 0 Å². The maximum Gasteiger partial charge on any atom is 0.250 e. The second-order valence-corrected chi connectivity index (χ2v) is 6.56. The summed E-state index contributed by atoms with van der Waals surface area (Å²) in [4.78, 5) is 15.4. The number of benzene rings is 2. The molecule has 0 saturated heterocycles. The van der Waals surface area contributed by atoms with Gasteiger partial charge in [0.25, 0.3) is 5.56 Å². The van der Waals surface area contributed by atoms with E-state index in [1.165, 1.54) is 0 Å². The zero-order valence-corrected chi connectivity index (χ0v) is 14.8. The van der Waals surface area contributed by atoms with Crippen LogP contribution in [-0.2, 0) is 13.0 Å². The maximum atomic E-state index is 12.3. The van der Waals surface area contributed by atoms with Gasteiger partial charge in [0.1, 0.15) is 5.84 Å². The maximum absolute atomic E-state index is 12.3. The Bertz CT molecular complexity index is 1170. The minimum Gasteiger partial charge on any atom is -0.384 e. The number of nitrogen functional groups attached to an aromatic ring is 1. The first-order valence-corrected chi connectivity index (χ1v) is 8.82. The van der Waals surface area contributed by atoms with Gasteiger partial charge in [-0.05, 0) is 41.3 Å². The summed E-state index contributed by atoms with van der Waals surface area (Å²) in [7, 11) is 0. The Morgan fingerprint density at radius 1 is 1.04 bits per heavy atom. The van der Waals surface area contributed by atoms with E-state index in [4.69, 9.17) is 11.1 Å². The van der Waals surface area contributed by atoms with Crippen LogP contribution in [0.2, 0.25) is 0 Å². The number of hydrogen-bond donors (Lipinski definition) is 3. The number of amidine groups is 1. The van der Waals surface area contributed by atoms with Gasteiger partial charge in [0, 0.05) is 41.5 Å². The molecule has 4 N–H and O–H groups in total. The number of hydrogen-bond acceptors (Lipinski definition) is 2. The van der Waals surface area contributed by atoms with E-state index in [1.54, 1.807) is 16.8 Å². The molecule has 5 heteroatoms. The Kier molecular flexibility index (Phi) is 4.34. The number of fused-ring (bicyclic) bond motifs is 1. The molecule has 5 nitrogen and oxygen atoms in total. The highest BCUT2D eigenvalue weighted by Gasteiger charge is 2.08. The van der Waals surface area contributed by atoms with E-state index in [0.717, 1.165) is 34.0 Å². The molecule has 0 aliphatic carbocycles. The molecule has 2 aromatic carbocycles. The molecule has 0 saturated carbocycles. The van der Waals surface area contributed by atoms with E-state index in [2.05, 4.69) is 4.98 Å². The predicted octanol–water partition coefficient (Wildman–Crippen LogP) is 3.52. The zero-order valence-electron chi connectivity index (χ0n) is 14.8. The summed E-state index contributed by atoms with van der Waals surface area (Å²) in [6, 6.07) is 19.6. The van der Waals surface area contributed by atoms with Gasteiger partial charge >= 0.3 is 0 Å². The van der Waals surface area contributed by atoms with Gasteiger partial charge < -0.3 is 15.3 Å². The Morgan fingerprint density at radius 2 is 1.85 bits per heavy atom. The Morgan fingerprint density at radius 3 is 2.63 bits per heavy atom. The number of rotatable bonds is 5. The first-order valence-electron chi connectivity index (χ1n) is 8.82. The largest absolute Gasteiger partial charge is 0.384 e. The molecule has 0 radical (unpaired) electrons. The molecule has 0 spiro atoms. The first-order chi connectivity index (χ1) is 13.1. The Hall–Kier alpha value is -3.60. The van der Waals surface area contributed by atoms with Crippen molar-refractivity contribution in [2.75, 3.05) is 0 Å². The second-order valence-electron chi connectivity index (χ2n) is 6.56.